The second kappa shape index (κ2) is 8.41. The zero-order valence-electron chi connectivity index (χ0n) is 14.8. The van der Waals surface area contributed by atoms with Crippen molar-refractivity contribution in [2.45, 2.75) is 12.5 Å². The molecule has 0 fully saturated rings. The maximum Gasteiger partial charge on any atom is 0.261 e. The van der Waals surface area contributed by atoms with Crippen molar-refractivity contribution in [3.8, 4) is 0 Å². The molecule has 4 rings (SSSR count). The first-order chi connectivity index (χ1) is 13.7. The highest BCUT2D eigenvalue weighted by atomic mass is 35.5. The van der Waals surface area contributed by atoms with Gasteiger partial charge in [0.15, 0.2) is 0 Å². The first kappa shape index (κ1) is 18.5. The van der Waals surface area contributed by atoms with Crippen LogP contribution in [0.3, 0.4) is 0 Å². The lowest BCUT2D eigenvalue weighted by Gasteiger charge is -2.09. The van der Waals surface area contributed by atoms with Crippen molar-refractivity contribution >= 4 is 45.9 Å². The van der Waals surface area contributed by atoms with Crippen molar-refractivity contribution in [3.63, 3.8) is 0 Å². The molecule has 0 aliphatic carbocycles. The van der Waals surface area contributed by atoms with Gasteiger partial charge in [-0.05, 0) is 42.0 Å². The summed E-state index contributed by atoms with van der Waals surface area (Å²) in [6.07, 6.45) is 3.97. The highest BCUT2D eigenvalue weighted by molar-refractivity contribution is 7.17. The van der Waals surface area contributed by atoms with Crippen molar-refractivity contribution < 1.29 is 9.63 Å². The minimum Gasteiger partial charge on any atom is -0.390 e. The van der Waals surface area contributed by atoms with Crippen molar-refractivity contribution in [3.05, 3.63) is 75.7 Å². The maximum absolute atomic E-state index is 12.1. The number of thiophene rings is 1. The van der Waals surface area contributed by atoms with E-state index in [0.717, 1.165) is 22.6 Å². The number of aromatic nitrogens is 1. The van der Waals surface area contributed by atoms with Crippen LogP contribution in [0.1, 0.15) is 21.7 Å². The van der Waals surface area contributed by atoms with E-state index < -0.39 is 0 Å². The number of oxime groups is 1. The topological polar surface area (TPSA) is 75.6 Å². The number of hydrogen-bond donors (Lipinski definition) is 2. The fraction of sp³-hybridized carbons (Fsp3) is 0.150. The van der Waals surface area contributed by atoms with Crippen molar-refractivity contribution in [1.29, 1.82) is 0 Å². The van der Waals surface area contributed by atoms with E-state index in [-0.39, 0.29) is 12.0 Å². The Hall–Kier alpha value is -2.90. The van der Waals surface area contributed by atoms with E-state index in [2.05, 4.69) is 20.8 Å². The molecule has 28 heavy (non-hydrogen) atoms. The van der Waals surface area contributed by atoms with Gasteiger partial charge in [-0.15, -0.1) is 11.3 Å². The number of anilines is 2. The SMILES string of the molecule is O=C(NCC1CC(c2ccc(Nc3cccnc3)cc2)=NO1)c1ccc(Cl)s1. The summed E-state index contributed by atoms with van der Waals surface area (Å²) in [6.45, 7) is 0.391. The standard InChI is InChI=1S/C20H17ClN4O2S/c21-19-8-7-18(28-19)20(26)23-12-16-10-17(25-27-16)13-3-5-14(6-4-13)24-15-2-1-9-22-11-15/h1-9,11,16,24H,10,12H2,(H,23,26). The normalized spacial score (nSPS) is 15.6. The first-order valence-corrected chi connectivity index (χ1v) is 9.90. The van der Waals surface area contributed by atoms with E-state index in [1.54, 1.807) is 24.5 Å². The first-order valence-electron chi connectivity index (χ1n) is 8.71. The van der Waals surface area contributed by atoms with Crippen LogP contribution in [-0.4, -0.2) is 29.3 Å². The largest absolute Gasteiger partial charge is 0.390 e. The number of pyridine rings is 1. The summed E-state index contributed by atoms with van der Waals surface area (Å²) in [4.78, 5) is 22.2. The van der Waals surface area contributed by atoms with E-state index in [1.807, 2.05) is 36.4 Å². The summed E-state index contributed by atoms with van der Waals surface area (Å²) >= 11 is 7.11. The molecule has 6 nitrogen and oxygen atoms in total. The molecule has 0 radical (unpaired) electrons. The third-order valence-electron chi connectivity index (χ3n) is 4.19. The molecule has 1 aliphatic rings. The van der Waals surface area contributed by atoms with Crippen LogP contribution in [0.15, 0.2) is 66.1 Å². The maximum atomic E-state index is 12.1. The molecular weight excluding hydrogens is 396 g/mol. The molecule has 0 spiro atoms. The molecule has 3 aromatic rings. The predicted molar refractivity (Wildman–Crippen MR) is 112 cm³/mol. The molecule has 0 bridgehead atoms. The minimum atomic E-state index is -0.178. The van der Waals surface area contributed by atoms with E-state index in [9.17, 15) is 4.79 Å². The zero-order valence-corrected chi connectivity index (χ0v) is 16.3. The number of rotatable bonds is 6. The molecule has 1 amide bonds. The lowest BCUT2D eigenvalue weighted by molar-refractivity contribution is 0.0755. The van der Waals surface area contributed by atoms with Crippen LogP contribution >= 0.6 is 22.9 Å². The molecule has 2 aromatic heterocycles. The number of hydrogen-bond acceptors (Lipinski definition) is 6. The Bertz CT molecular complexity index is 989. The summed E-state index contributed by atoms with van der Waals surface area (Å²) in [5, 5.41) is 10.3. The van der Waals surface area contributed by atoms with Gasteiger partial charge in [0, 0.05) is 18.3 Å². The zero-order chi connectivity index (χ0) is 19.3. The summed E-state index contributed by atoms with van der Waals surface area (Å²) in [7, 11) is 0. The molecule has 1 atom stereocenters. The Morgan fingerprint density at radius 1 is 1.18 bits per heavy atom. The van der Waals surface area contributed by atoms with Crippen LogP contribution in [0.4, 0.5) is 11.4 Å². The summed E-state index contributed by atoms with van der Waals surface area (Å²) < 4.78 is 0.592. The van der Waals surface area contributed by atoms with Gasteiger partial charge < -0.3 is 15.5 Å². The molecular formula is C20H17ClN4O2S. The van der Waals surface area contributed by atoms with Gasteiger partial charge in [0.2, 0.25) is 0 Å². The van der Waals surface area contributed by atoms with Crippen molar-refractivity contribution in [2.75, 3.05) is 11.9 Å². The second-order valence-corrected chi connectivity index (χ2v) is 7.94. The molecule has 0 saturated carbocycles. The highest BCUT2D eigenvalue weighted by Gasteiger charge is 2.23. The van der Waals surface area contributed by atoms with Gasteiger partial charge in [0.25, 0.3) is 5.91 Å². The Kier molecular flexibility index (Phi) is 5.55. The Morgan fingerprint density at radius 3 is 2.75 bits per heavy atom. The molecule has 142 valence electrons. The van der Waals surface area contributed by atoms with E-state index >= 15 is 0 Å². The van der Waals surface area contributed by atoms with Crippen LogP contribution in [0.5, 0.6) is 0 Å². The van der Waals surface area contributed by atoms with Gasteiger partial charge in [0.1, 0.15) is 6.10 Å². The van der Waals surface area contributed by atoms with Gasteiger partial charge in [-0.1, -0.05) is 28.9 Å². The van der Waals surface area contributed by atoms with Crippen LogP contribution in [0.25, 0.3) is 0 Å². The van der Waals surface area contributed by atoms with E-state index in [0.29, 0.717) is 22.2 Å². The summed E-state index contributed by atoms with van der Waals surface area (Å²) in [5.41, 5.74) is 3.76. The molecule has 8 heteroatoms. The average molecular weight is 413 g/mol. The number of carbonyl (C=O) groups is 1. The molecule has 1 aliphatic heterocycles. The van der Waals surface area contributed by atoms with Crippen LogP contribution in [0, 0.1) is 0 Å². The summed E-state index contributed by atoms with van der Waals surface area (Å²) in [5.74, 6) is -0.153. The van der Waals surface area contributed by atoms with Crippen LogP contribution in [-0.2, 0) is 4.84 Å². The molecule has 1 unspecified atom stereocenters. The van der Waals surface area contributed by atoms with Crippen molar-refractivity contribution in [2.24, 2.45) is 5.16 Å². The third kappa shape index (κ3) is 4.49. The Balaban J connectivity index is 1.29. The predicted octanol–water partition coefficient (Wildman–Crippen LogP) is 4.46. The Labute approximate surface area is 171 Å². The lowest BCUT2D eigenvalue weighted by Crippen LogP contribution is -2.31. The van der Waals surface area contributed by atoms with Gasteiger partial charge >= 0.3 is 0 Å². The quantitative estimate of drug-likeness (QED) is 0.626. The number of nitrogens with zero attached hydrogens (tertiary/aromatic N) is 2. The lowest BCUT2D eigenvalue weighted by atomic mass is 10.0. The van der Waals surface area contributed by atoms with Crippen LogP contribution in [0.2, 0.25) is 4.34 Å². The van der Waals surface area contributed by atoms with Crippen molar-refractivity contribution in [1.82, 2.24) is 10.3 Å². The third-order valence-corrected chi connectivity index (χ3v) is 5.42. The van der Waals surface area contributed by atoms with E-state index in [1.165, 1.54) is 11.3 Å². The molecule has 1 aromatic carbocycles. The fourth-order valence-corrected chi connectivity index (χ4v) is 3.75. The Morgan fingerprint density at radius 2 is 2.04 bits per heavy atom. The number of amides is 1. The van der Waals surface area contributed by atoms with E-state index in [4.69, 9.17) is 16.4 Å². The molecule has 3 heterocycles. The minimum absolute atomic E-state index is 0.153. The van der Waals surface area contributed by atoms with Gasteiger partial charge in [-0.25, -0.2) is 0 Å². The summed E-state index contributed by atoms with van der Waals surface area (Å²) in [6, 6.07) is 15.2. The van der Waals surface area contributed by atoms with Gasteiger partial charge in [-0.3, -0.25) is 9.78 Å². The second-order valence-electron chi connectivity index (χ2n) is 6.23. The van der Waals surface area contributed by atoms with Gasteiger partial charge in [0.05, 0.1) is 33.4 Å². The molecule has 0 saturated heterocycles. The van der Waals surface area contributed by atoms with Gasteiger partial charge in [-0.2, -0.15) is 0 Å². The number of halogens is 1. The number of carbonyl (C=O) groups excluding carboxylic acids is 1. The highest BCUT2D eigenvalue weighted by Crippen LogP contribution is 2.22. The monoisotopic (exact) mass is 412 g/mol. The number of benzene rings is 1. The smallest absolute Gasteiger partial charge is 0.261 e. The fourth-order valence-electron chi connectivity index (χ4n) is 2.79. The number of nitrogens with one attached hydrogen (secondary N) is 2. The molecule has 2 N–H and O–H groups in total. The van der Waals surface area contributed by atoms with Crippen LogP contribution < -0.4 is 10.6 Å². The average Bonchev–Trinajstić information content (AvgIpc) is 3.37.